The van der Waals surface area contributed by atoms with Crippen molar-refractivity contribution in [2.75, 3.05) is 32.2 Å². The zero-order valence-electron chi connectivity index (χ0n) is 23.9. The minimum Gasteiger partial charge on any atom is -0.496 e. The smallest absolute Gasteiger partial charge is 0.404 e. The fraction of sp³-hybridized carbons (Fsp3) is 0.242. The highest BCUT2D eigenvalue weighted by Gasteiger charge is 2.26. The van der Waals surface area contributed by atoms with Crippen molar-refractivity contribution in [1.29, 1.82) is 5.26 Å². The van der Waals surface area contributed by atoms with Crippen molar-refractivity contribution in [2.45, 2.75) is 25.6 Å². The van der Waals surface area contributed by atoms with Gasteiger partial charge in [0.25, 0.3) is 0 Å². The van der Waals surface area contributed by atoms with Crippen LogP contribution in [0.5, 0.6) is 17.2 Å². The number of halogens is 1. The monoisotopic (exact) mass is 582 g/mol. The zero-order chi connectivity index (χ0) is 30.3. The minimum absolute atomic E-state index is 0.0639. The van der Waals surface area contributed by atoms with Crippen molar-refractivity contribution in [3.63, 3.8) is 0 Å². The third-order valence-corrected chi connectivity index (χ3v) is 7.29. The Morgan fingerprint density at radius 1 is 0.977 bits per heavy atom. The summed E-state index contributed by atoms with van der Waals surface area (Å²) < 4.78 is 37.7. The maximum absolute atomic E-state index is 14.9. The predicted octanol–water partition coefficient (Wildman–Crippen LogP) is 6.09. The number of primary amides is 1. The number of ether oxygens (including phenoxy) is 4. The molecule has 3 aromatic carbocycles. The minimum atomic E-state index is -0.792. The second-order valence-electron chi connectivity index (χ2n) is 9.98. The van der Waals surface area contributed by atoms with Crippen LogP contribution in [0.3, 0.4) is 0 Å². The molecule has 1 saturated heterocycles. The van der Waals surface area contributed by atoms with E-state index >= 15 is 0 Å². The van der Waals surface area contributed by atoms with Crippen molar-refractivity contribution >= 4 is 11.9 Å². The van der Waals surface area contributed by atoms with E-state index in [0.717, 1.165) is 5.56 Å². The maximum Gasteiger partial charge on any atom is 0.404 e. The Morgan fingerprint density at radius 2 is 1.70 bits per heavy atom. The Morgan fingerprint density at radius 3 is 2.35 bits per heavy atom. The molecule has 5 rings (SSSR count). The Balaban J connectivity index is 1.59. The van der Waals surface area contributed by atoms with Gasteiger partial charge in [-0.3, -0.25) is 0 Å². The number of hydrogen-bond donors (Lipinski definition) is 1. The number of benzene rings is 3. The lowest BCUT2D eigenvalue weighted by Gasteiger charge is -2.33. The van der Waals surface area contributed by atoms with E-state index < -0.39 is 11.9 Å². The number of pyridine rings is 1. The molecule has 0 unspecified atom stereocenters. The van der Waals surface area contributed by atoms with Gasteiger partial charge in [0.2, 0.25) is 0 Å². The summed E-state index contributed by atoms with van der Waals surface area (Å²) in [5, 5.41) is 9.30. The topological polar surface area (TPSA) is 120 Å². The number of piperidine rings is 1. The van der Waals surface area contributed by atoms with E-state index in [1.54, 1.807) is 26.4 Å². The van der Waals surface area contributed by atoms with Gasteiger partial charge in [0.05, 0.1) is 31.0 Å². The van der Waals surface area contributed by atoms with Gasteiger partial charge in [0, 0.05) is 37.6 Å². The molecule has 0 atom stereocenters. The van der Waals surface area contributed by atoms with Crippen LogP contribution >= 0.6 is 0 Å². The first-order valence-electron chi connectivity index (χ1n) is 13.8. The Hall–Kier alpha value is -5.30. The van der Waals surface area contributed by atoms with Crippen LogP contribution in [0.25, 0.3) is 22.4 Å². The summed E-state index contributed by atoms with van der Waals surface area (Å²) in [7, 11) is 3.14. The third kappa shape index (κ3) is 6.62. The number of nitriles is 1. The van der Waals surface area contributed by atoms with E-state index in [9.17, 15) is 14.4 Å². The second kappa shape index (κ2) is 13.1. The molecule has 0 saturated carbocycles. The molecule has 4 aromatic rings. The van der Waals surface area contributed by atoms with Crippen molar-refractivity contribution in [1.82, 2.24) is 4.98 Å². The molecule has 0 aliphatic carbocycles. The molecule has 0 spiro atoms. The number of anilines is 1. The van der Waals surface area contributed by atoms with E-state index in [0.29, 0.717) is 78.0 Å². The van der Waals surface area contributed by atoms with Gasteiger partial charge in [-0.2, -0.15) is 5.26 Å². The number of hydrogen-bond acceptors (Lipinski definition) is 8. The Labute approximate surface area is 249 Å². The summed E-state index contributed by atoms with van der Waals surface area (Å²) in [4.78, 5) is 18.3. The molecule has 0 radical (unpaired) electrons. The number of methoxy groups -OCH3 is 2. The van der Waals surface area contributed by atoms with Gasteiger partial charge in [-0.15, -0.1) is 0 Å². The summed E-state index contributed by atoms with van der Waals surface area (Å²) in [6.45, 7) is 1.46. The summed E-state index contributed by atoms with van der Waals surface area (Å²) in [6.07, 6.45) is 0.0987. The van der Waals surface area contributed by atoms with E-state index in [1.165, 1.54) is 12.1 Å². The van der Waals surface area contributed by atoms with E-state index in [1.807, 2.05) is 54.6 Å². The van der Waals surface area contributed by atoms with E-state index in [-0.39, 0.29) is 11.7 Å². The van der Waals surface area contributed by atoms with Gasteiger partial charge < -0.3 is 29.6 Å². The summed E-state index contributed by atoms with van der Waals surface area (Å²) in [6, 6.07) is 23.4. The second-order valence-corrected chi connectivity index (χ2v) is 9.98. The van der Waals surface area contributed by atoms with Gasteiger partial charge in [0.15, 0.2) is 11.5 Å². The number of rotatable bonds is 9. The Bertz CT molecular complexity index is 1650. The fourth-order valence-corrected chi connectivity index (χ4v) is 5.12. The predicted molar refractivity (Wildman–Crippen MR) is 160 cm³/mol. The number of carbonyl (C=O) groups is 1. The first-order valence-corrected chi connectivity index (χ1v) is 13.8. The molecular formula is C33H31FN4O5. The molecule has 1 fully saturated rings. The lowest BCUT2D eigenvalue weighted by Crippen LogP contribution is -2.39. The molecule has 1 aliphatic rings. The molecule has 1 amide bonds. The molecule has 220 valence electrons. The van der Waals surface area contributed by atoms with Crippen LogP contribution in [0, 0.1) is 17.1 Å². The molecule has 10 heteroatoms. The average molecular weight is 583 g/mol. The van der Waals surface area contributed by atoms with Crippen molar-refractivity contribution in [3.8, 4) is 45.7 Å². The molecule has 43 heavy (non-hydrogen) atoms. The van der Waals surface area contributed by atoms with Gasteiger partial charge in [0.1, 0.15) is 36.2 Å². The summed E-state index contributed by atoms with van der Waals surface area (Å²) >= 11 is 0. The van der Waals surface area contributed by atoms with Gasteiger partial charge in [-0.25, -0.2) is 14.2 Å². The normalized spacial score (nSPS) is 13.2. The van der Waals surface area contributed by atoms with Crippen molar-refractivity contribution < 1.29 is 28.1 Å². The third-order valence-electron chi connectivity index (χ3n) is 7.29. The number of amides is 1. The molecule has 2 N–H and O–H groups in total. The van der Waals surface area contributed by atoms with Crippen LogP contribution in [0.4, 0.5) is 15.0 Å². The van der Waals surface area contributed by atoms with Crippen LogP contribution in [0.2, 0.25) is 0 Å². The number of nitrogens with zero attached hydrogens (tertiary/aromatic N) is 3. The highest BCUT2D eigenvalue weighted by Crippen LogP contribution is 2.43. The first kappa shape index (κ1) is 29.2. The lowest BCUT2D eigenvalue weighted by molar-refractivity contribution is 0.0911. The number of nitrogens with two attached hydrogens (primary N) is 1. The molecule has 9 nitrogen and oxygen atoms in total. The molecule has 2 heterocycles. The Kier molecular flexibility index (Phi) is 8.91. The van der Waals surface area contributed by atoms with E-state index in [4.69, 9.17) is 29.7 Å². The lowest BCUT2D eigenvalue weighted by atomic mass is 9.96. The quantitative estimate of drug-likeness (QED) is 0.252. The van der Waals surface area contributed by atoms with E-state index in [2.05, 4.69) is 4.90 Å². The number of aromatic nitrogens is 1. The SMILES string of the molecule is COc1ccc(-c2c(OC)cc(N3CCC(OC(N)=O)CC3)nc2-c2ccc(C#N)c(F)c2)cc1OCc1ccccc1. The van der Waals surface area contributed by atoms with Gasteiger partial charge in [-0.05, 0) is 35.4 Å². The summed E-state index contributed by atoms with van der Waals surface area (Å²) in [5.41, 5.74) is 8.41. The molecular weight excluding hydrogens is 551 g/mol. The highest BCUT2D eigenvalue weighted by molar-refractivity contribution is 5.88. The fourth-order valence-electron chi connectivity index (χ4n) is 5.12. The molecule has 1 aliphatic heterocycles. The molecule has 0 bridgehead atoms. The first-order chi connectivity index (χ1) is 20.9. The summed E-state index contributed by atoms with van der Waals surface area (Å²) in [5.74, 6) is 1.55. The standard InChI is InChI=1S/C33H31FN4O5/c1-40-27-11-10-22(17-28(27)42-20-21-6-4-3-5-7-21)31-29(41-2)18-30(38-14-12-25(13-15-38)43-33(36)39)37-32(31)23-8-9-24(19-35)26(34)16-23/h3-11,16-18,25H,12-15,20H2,1-2H3,(H2,36,39). The number of carbonyl (C=O) groups excluding carboxylic acids is 1. The average Bonchev–Trinajstić information content (AvgIpc) is 3.03. The van der Waals surface area contributed by atoms with Crippen LogP contribution in [-0.2, 0) is 11.3 Å². The highest BCUT2D eigenvalue weighted by atomic mass is 19.1. The van der Waals surface area contributed by atoms with Crippen LogP contribution in [0.15, 0.2) is 72.8 Å². The maximum atomic E-state index is 14.9. The van der Waals surface area contributed by atoms with Crippen molar-refractivity contribution in [2.24, 2.45) is 5.73 Å². The molecule has 1 aromatic heterocycles. The van der Waals surface area contributed by atoms with Crippen LogP contribution in [0.1, 0.15) is 24.0 Å². The van der Waals surface area contributed by atoms with Gasteiger partial charge >= 0.3 is 6.09 Å². The van der Waals surface area contributed by atoms with Crippen LogP contribution < -0.4 is 24.8 Å². The van der Waals surface area contributed by atoms with Crippen LogP contribution in [-0.4, -0.2) is 44.5 Å². The van der Waals surface area contributed by atoms with Crippen molar-refractivity contribution in [3.05, 3.63) is 89.7 Å². The zero-order valence-corrected chi connectivity index (χ0v) is 23.9. The largest absolute Gasteiger partial charge is 0.496 e. The van der Waals surface area contributed by atoms with Gasteiger partial charge in [-0.1, -0.05) is 42.5 Å².